The molecule has 93 valence electrons. The fourth-order valence-corrected chi connectivity index (χ4v) is 8.64. The van der Waals surface area contributed by atoms with Crippen LogP contribution in [-0.2, 0) is 0 Å². The topological polar surface area (TPSA) is 0 Å². The van der Waals surface area contributed by atoms with Gasteiger partial charge in [0.1, 0.15) is 0 Å². The van der Waals surface area contributed by atoms with Gasteiger partial charge in [0.05, 0.1) is 8.07 Å². The molecule has 0 saturated carbocycles. The predicted octanol–water partition coefficient (Wildman–Crippen LogP) is 4.82. The maximum Gasteiger partial charge on any atom is 0.0930 e. The highest BCUT2D eigenvalue weighted by molar-refractivity contribution is 7.01. The fraction of sp³-hybridized carbons (Fsp3) is 0.222. The van der Waals surface area contributed by atoms with Gasteiger partial charge in [0, 0.05) is 5.54 Å². The molecule has 0 fully saturated rings. The number of hydrogen-bond acceptors (Lipinski definition) is 0. The Bertz CT molecular complexity index is 708. The normalized spacial score (nSPS) is 22.2. The largest absolute Gasteiger partial charge is 0.0930 e. The number of allylic oxidation sites excluding steroid dienone is 1. The first-order valence-corrected chi connectivity index (χ1v) is 10.0. The zero-order chi connectivity index (χ0) is 13.2. The Morgan fingerprint density at radius 2 is 1.79 bits per heavy atom. The summed E-state index contributed by atoms with van der Waals surface area (Å²) >= 11 is 0. The molecule has 0 spiro atoms. The summed E-state index contributed by atoms with van der Waals surface area (Å²) in [7, 11) is -1.22. The van der Waals surface area contributed by atoms with E-state index in [1.807, 2.05) is 0 Å². The average molecular weight is 261 g/mol. The molecule has 0 aromatic heterocycles. The van der Waals surface area contributed by atoms with Gasteiger partial charge in [-0.3, -0.25) is 0 Å². The second kappa shape index (κ2) is 3.49. The van der Waals surface area contributed by atoms with Crippen LogP contribution in [0.1, 0.15) is 23.6 Å². The van der Waals surface area contributed by atoms with Crippen molar-refractivity contribution in [2.45, 2.75) is 25.6 Å². The molecule has 1 radical (unpaired) electrons. The monoisotopic (exact) mass is 261 g/mol. The summed E-state index contributed by atoms with van der Waals surface area (Å²) in [5, 5.41) is 1.70. The molecule has 2 aromatic rings. The third-order valence-electron chi connectivity index (χ3n) is 4.85. The van der Waals surface area contributed by atoms with E-state index in [-0.39, 0.29) is 0 Å². The minimum absolute atomic E-state index is 0.759. The van der Waals surface area contributed by atoms with Gasteiger partial charge in [-0.25, -0.2) is 0 Å². The van der Waals surface area contributed by atoms with Crippen molar-refractivity contribution in [3.8, 4) is 11.1 Å². The Hall–Kier alpha value is -1.60. The molecule has 0 N–H and O–H groups in total. The van der Waals surface area contributed by atoms with Gasteiger partial charge in [-0.1, -0.05) is 66.3 Å². The van der Waals surface area contributed by atoms with Crippen LogP contribution in [0.25, 0.3) is 16.3 Å². The van der Waals surface area contributed by atoms with Crippen LogP contribution in [0.2, 0.25) is 13.1 Å². The van der Waals surface area contributed by atoms with Crippen molar-refractivity contribution in [2.24, 2.45) is 0 Å². The third kappa shape index (κ3) is 1.24. The molecular weight excluding hydrogens is 244 g/mol. The molecule has 2 bridgehead atoms. The van der Waals surface area contributed by atoms with Crippen molar-refractivity contribution in [3.05, 3.63) is 65.2 Å². The van der Waals surface area contributed by atoms with Gasteiger partial charge in [0.15, 0.2) is 0 Å². The minimum Gasteiger partial charge on any atom is -0.0682 e. The Balaban J connectivity index is 1.99. The molecule has 2 heterocycles. The summed E-state index contributed by atoms with van der Waals surface area (Å²) in [5.74, 6) is 0. The van der Waals surface area contributed by atoms with Crippen LogP contribution in [0.3, 0.4) is 0 Å². The maximum absolute atomic E-state index is 3.49. The van der Waals surface area contributed by atoms with Gasteiger partial charge in [-0.15, -0.1) is 0 Å². The van der Waals surface area contributed by atoms with E-state index >= 15 is 0 Å². The first-order chi connectivity index (χ1) is 9.12. The highest BCUT2D eigenvalue weighted by Crippen LogP contribution is 2.63. The van der Waals surface area contributed by atoms with E-state index in [0.29, 0.717) is 0 Å². The van der Waals surface area contributed by atoms with Gasteiger partial charge in [0.2, 0.25) is 0 Å². The van der Waals surface area contributed by atoms with Crippen molar-refractivity contribution in [1.29, 1.82) is 0 Å². The zero-order valence-electron chi connectivity index (χ0n) is 11.6. The van der Waals surface area contributed by atoms with Crippen molar-refractivity contribution in [3.63, 3.8) is 0 Å². The average Bonchev–Trinajstić information content (AvgIpc) is 2.86. The van der Waals surface area contributed by atoms with E-state index < -0.39 is 8.07 Å². The summed E-state index contributed by atoms with van der Waals surface area (Å²) in [6, 6.07) is 18.6. The Labute approximate surface area is 115 Å². The molecule has 0 saturated heterocycles. The molecule has 1 unspecified atom stereocenters. The van der Waals surface area contributed by atoms with Crippen LogP contribution >= 0.6 is 0 Å². The summed E-state index contributed by atoms with van der Waals surface area (Å²) < 4.78 is 0. The Morgan fingerprint density at radius 3 is 2.47 bits per heavy atom. The van der Waals surface area contributed by atoms with Crippen molar-refractivity contribution in [2.75, 3.05) is 0 Å². The Kier molecular flexibility index (Phi) is 2.06. The lowest BCUT2D eigenvalue weighted by atomic mass is 9.97. The van der Waals surface area contributed by atoms with Gasteiger partial charge in [-0.05, 0) is 35.2 Å². The summed E-state index contributed by atoms with van der Waals surface area (Å²) in [6.45, 7) is 7.34. The number of rotatable bonds is 1. The predicted molar refractivity (Wildman–Crippen MR) is 83.5 cm³/mol. The van der Waals surface area contributed by atoms with E-state index in [1.165, 1.54) is 16.7 Å². The molecule has 0 amide bonds. The van der Waals surface area contributed by atoms with E-state index in [9.17, 15) is 0 Å². The van der Waals surface area contributed by atoms with E-state index in [2.05, 4.69) is 68.5 Å². The second-order valence-electron chi connectivity index (χ2n) is 6.26. The van der Waals surface area contributed by atoms with Crippen molar-refractivity contribution < 1.29 is 0 Å². The first kappa shape index (κ1) is 11.2. The first-order valence-electron chi connectivity index (χ1n) is 6.94. The standard InChI is InChI=1S/C18H17Si/c1-12-17-15-11-7-10-14(13-8-5-4-6-9-13)16(15)18(12)19(17,2)3/h4-9,11,17H,1-3H3. The summed E-state index contributed by atoms with van der Waals surface area (Å²) in [4.78, 5) is 0. The number of hydrogen-bond donors (Lipinski definition) is 0. The molecule has 2 aromatic carbocycles. The highest BCUT2D eigenvalue weighted by Gasteiger charge is 2.55. The maximum atomic E-state index is 3.49. The molecule has 2 aliphatic heterocycles. The van der Waals surface area contributed by atoms with Crippen LogP contribution in [0, 0.1) is 6.07 Å². The quantitative estimate of drug-likeness (QED) is 0.645. The summed E-state index contributed by atoms with van der Waals surface area (Å²) in [6.07, 6.45) is 0. The van der Waals surface area contributed by atoms with Crippen LogP contribution in [0.5, 0.6) is 0 Å². The molecular formula is C18H17Si. The third-order valence-corrected chi connectivity index (χ3v) is 8.97. The Morgan fingerprint density at radius 1 is 1.05 bits per heavy atom. The lowest BCUT2D eigenvalue weighted by Crippen LogP contribution is -2.41. The highest BCUT2D eigenvalue weighted by atomic mass is 28.3. The zero-order valence-corrected chi connectivity index (χ0v) is 12.6. The molecule has 1 aliphatic carbocycles. The molecule has 5 rings (SSSR count). The molecule has 1 atom stereocenters. The molecule has 19 heavy (non-hydrogen) atoms. The summed E-state index contributed by atoms with van der Waals surface area (Å²) in [5.41, 5.74) is 8.10. The number of benzene rings is 2. The lowest BCUT2D eigenvalue weighted by Gasteiger charge is -2.39. The van der Waals surface area contributed by atoms with Crippen LogP contribution in [0.4, 0.5) is 0 Å². The molecule has 1 heteroatoms. The van der Waals surface area contributed by atoms with Crippen LogP contribution < -0.4 is 0 Å². The van der Waals surface area contributed by atoms with Crippen LogP contribution in [0.15, 0.2) is 48.0 Å². The molecule has 3 aliphatic rings. The fourth-order valence-electron chi connectivity index (χ4n) is 4.26. The second-order valence-corrected chi connectivity index (χ2v) is 10.8. The lowest BCUT2D eigenvalue weighted by molar-refractivity contribution is 1.06. The van der Waals surface area contributed by atoms with E-state index in [0.717, 1.165) is 5.54 Å². The smallest absolute Gasteiger partial charge is 0.0682 e. The van der Waals surface area contributed by atoms with Crippen molar-refractivity contribution >= 4 is 13.3 Å². The van der Waals surface area contributed by atoms with Crippen molar-refractivity contribution in [1.82, 2.24) is 0 Å². The molecule has 0 nitrogen and oxygen atoms in total. The SMILES string of the molecule is CC1=C2c3c(-c4ccccc4)[c]ccc3C1[Si]2(C)C. The van der Waals surface area contributed by atoms with Gasteiger partial charge >= 0.3 is 0 Å². The van der Waals surface area contributed by atoms with Gasteiger partial charge in [-0.2, -0.15) is 0 Å². The van der Waals surface area contributed by atoms with Gasteiger partial charge < -0.3 is 0 Å². The van der Waals surface area contributed by atoms with E-state index in [4.69, 9.17) is 0 Å². The van der Waals surface area contributed by atoms with Gasteiger partial charge in [0.25, 0.3) is 0 Å². The van der Waals surface area contributed by atoms with Crippen LogP contribution in [-0.4, -0.2) is 8.07 Å². The van der Waals surface area contributed by atoms with E-state index in [1.54, 1.807) is 16.3 Å². The minimum atomic E-state index is -1.22.